The Morgan fingerprint density at radius 2 is 0.329 bits per heavy atom. The van der Waals surface area contributed by atoms with Gasteiger partial charge in [-0.25, -0.2) is 0 Å². The molecular weight excluding hydrogens is 883 g/mol. The van der Waals surface area contributed by atoms with Crippen molar-refractivity contribution in [2.24, 2.45) is 0 Å². The van der Waals surface area contributed by atoms with Gasteiger partial charge in [-0.2, -0.15) is 0 Å². The fraction of sp³-hybridized carbons (Fsp3) is 0. The molecule has 0 saturated carbocycles. The molecule has 0 aliphatic rings. The second kappa shape index (κ2) is 16.4. The summed E-state index contributed by atoms with van der Waals surface area (Å²) in [5, 5.41) is 20.0. The van der Waals surface area contributed by atoms with Crippen molar-refractivity contribution in [2.75, 3.05) is 14.7 Å². The lowest BCUT2D eigenvalue weighted by Gasteiger charge is -2.30. The van der Waals surface area contributed by atoms with E-state index in [4.69, 9.17) is 0 Å². The highest BCUT2D eigenvalue weighted by Gasteiger charge is 2.26. The first-order chi connectivity index (χ1) is 36.3. The van der Waals surface area contributed by atoms with E-state index in [1.165, 1.54) is 86.2 Å². The topological polar surface area (TPSA) is 9.72 Å². The maximum absolute atomic E-state index is 2.50. The molecule has 0 bridgehead atoms. The molecule has 15 aromatic carbocycles. The molecule has 0 radical (unpaired) electrons. The predicted molar refractivity (Wildman–Crippen MR) is 313 cm³/mol. The normalized spacial score (nSPS) is 11.8. The Hall–Kier alpha value is -9.70. The summed E-state index contributed by atoms with van der Waals surface area (Å²) in [7, 11) is 0. The van der Waals surface area contributed by atoms with Crippen LogP contribution < -0.4 is 14.7 Å². The van der Waals surface area contributed by atoms with Crippen molar-refractivity contribution >= 4 is 137 Å². The maximum atomic E-state index is 2.50. The fourth-order valence-corrected chi connectivity index (χ4v) is 12.3. The first kappa shape index (κ1) is 41.1. The minimum atomic E-state index is 1.11. The van der Waals surface area contributed by atoms with Crippen molar-refractivity contribution in [1.29, 1.82) is 0 Å². The van der Waals surface area contributed by atoms with E-state index in [1.54, 1.807) is 0 Å². The van der Waals surface area contributed by atoms with E-state index in [9.17, 15) is 0 Å². The van der Waals surface area contributed by atoms with Crippen LogP contribution in [0.2, 0.25) is 0 Å². The molecule has 0 unspecified atom stereocenters. The number of fused-ring (bicyclic) bond motifs is 4. The maximum Gasteiger partial charge on any atom is 0.0540 e. The van der Waals surface area contributed by atoms with E-state index in [0.717, 1.165) is 51.2 Å². The van der Waals surface area contributed by atoms with Crippen LogP contribution in [0, 0.1) is 0 Å². The van der Waals surface area contributed by atoms with Crippen LogP contribution in [0.25, 0.3) is 86.2 Å². The Morgan fingerprint density at radius 1 is 0.137 bits per heavy atom. The van der Waals surface area contributed by atoms with Crippen LogP contribution in [-0.2, 0) is 0 Å². The average molecular weight is 928 g/mol. The number of para-hydroxylation sites is 5. The zero-order chi connectivity index (χ0) is 48.0. The van der Waals surface area contributed by atoms with Crippen molar-refractivity contribution < 1.29 is 0 Å². The van der Waals surface area contributed by atoms with Gasteiger partial charge in [0.1, 0.15) is 0 Å². The molecule has 15 rings (SSSR count). The monoisotopic (exact) mass is 927 g/mol. The molecule has 73 heavy (non-hydrogen) atoms. The smallest absolute Gasteiger partial charge is 0.0540 e. The molecule has 0 atom stereocenters. The van der Waals surface area contributed by atoms with Crippen molar-refractivity contribution in [3.63, 3.8) is 0 Å². The van der Waals surface area contributed by atoms with Crippen molar-refractivity contribution in [3.05, 3.63) is 273 Å². The Morgan fingerprint density at radius 3 is 0.575 bits per heavy atom. The minimum Gasteiger partial charge on any atom is -0.310 e. The van der Waals surface area contributed by atoms with Gasteiger partial charge < -0.3 is 14.7 Å². The van der Waals surface area contributed by atoms with E-state index in [-0.39, 0.29) is 0 Å². The van der Waals surface area contributed by atoms with Crippen LogP contribution >= 0.6 is 0 Å². The predicted octanol–water partition coefficient (Wildman–Crippen LogP) is 20.2. The van der Waals surface area contributed by atoms with Crippen LogP contribution in [0.3, 0.4) is 0 Å². The van der Waals surface area contributed by atoms with Crippen LogP contribution in [0.4, 0.5) is 51.2 Å². The largest absolute Gasteiger partial charge is 0.310 e. The molecule has 0 saturated heterocycles. The van der Waals surface area contributed by atoms with Gasteiger partial charge in [-0.1, -0.05) is 188 Å². The molecule has 0 amide bonds. The van der Waals surface area contributed by atoms with Gasteiger partial charge in [0, 0.05) is 50.0 Å². The van der Waals surface area contributed by atoms with Gasteiger partial charge in [0.25, 0.3) is 0 Å². The summed E-state index contributed by atoms with van der Waals surface area (Å²) in [4.78, 5) is 7.28. The van der Waals surface area contributed by atoms with Crippen LogP contribution in [-0.4, -0.2) is 0 Å². The third-order valence-corrected chi connectivity index (χ3v) is 15.3. The Labute approximate surface area is 422 Å². The van der Waals surface area contributed by atoms with Gasteiger partial charge in [0.05, 0.1) is 22.7 Å². The number of hydrogen-bond donors (Lipinski definition) is 0. The number of rotatable bonds is 9. The fourth-order valence-electron chi connectivity index (χ4n) is 12.3. The van der Waals surface area contributed by atoms with Gasteiger partial charge >= 0.3 is 0 Å². The van der Waals surface area contributed by atoms with Crippen LogP contribution in [0.5, 0.6) is 0 Å². The first-order valence-corrected chi connectivity index (χ1v) is 25.2. The van der Waals surface area contributed by atoms with Crippen molar-refractivity contribution in [1.82, 2.24) is 0 Å². The summed E-state index contributed by atoms with van der Waals surface area (Å²) >= 11 is 0. The molecule has 3 heteroatoms. The van der Waals surface area contributed by atoms with Gasteiger partial charge in [-0.15, -0.1) is 0 Å². The highest BCUT2D eigenvalue weighted by atomic mass is 15.2. The van der Waals surface area contributed by atoms with E-state index in [0.29, 0.717) is 0 Å². The summed E-state index contributed by atoms with van der Waals surface area (Å²) in [6, 6.07) is 100. The standard InChI is InChI=1S/C70H45N3/c1-6-20-46(21-7-1)71(47-22-8-2-9-23-47)63-42-38-55-53-32-18-36-61-65(44-40-57(69(53)61)51-30-16-34-59(63)67(51)55)73(50-28-14-5-15-29-50)66-45-41-58-52-31-17-35-60-64(43-39-56(68(52)60)54-33-19-37-62(66)70(54)58)72(48-24-10-3-11-25-48)49-26-12-4-13-27-49/h1-45H. The molecule has 0 aromatic heterocycles. The SMILES string of the molecule is c1ccc(N(c2ccccc2)c2ccc3c4cccc5c(N(c6ccccc6)c6ccc7c8cccc9c(N(c%10ccccc%10)c%10ccccc%10)ccc(c%10cccc6c%107)c98)ccc(c6cccc2c36)c54)cc1. The zero-order valence-electron chi connectivity index (χ0n) is 39.8. The molecule has 0 spiro atoms. The van der Waals surface area contributed by atoms with Gasteiger partial charge in [-0.05, 0) is 150 Å². The van der Waals surface area contributed by atoms with Gasteiger partial charge in [0.2, 0.25) is 0 Å². The minimum absolute atomic E-state index is 1.11. The molecule has 0 fully saturated rings. The van der Waals surface area contributed by atoms with E-state index < -0.39 is 0 Å². The molecule has 340 valence electrons. The lowest BCUT2D eigenvalue weighted by Crippen LogP contribution is -2.11. The molecule has 0 heterocycles. The Kier molecular flexibility index (Phi) is 9.26. The second-order valence-electron chi connectivity index (χ2n) is 19.1. The quantitative estimate of drug-likeness (QED) is 0.105. The van der Waals surface area contributed by atoms with Crippen molar-refractivity contribution in [3.8, 4) is 0 Å². The van der Waals surface area contributed by atoms with Crippen LogP contribution in [0.1, 0.15) is 0 Å². The third-order valence-electron chi connectivity index (χ3n) is 15.3. The molecule has 0 N–H and O–H groups in total. The molecular formula is C70H45N3. The number of benzene rings is 15. The number of anilines is 9. The average Bonchev–Trinajstić information content (AvgIpc) is 3.48. The number of hydrogen-bond acceptors (Lipinski definition) is 3. The van der Waals surface area contributed by atoms with E-state index >= 15 is 0 Å². The van der Waals surface area contributed by atoms with Crippen molar-refractivity contribution in [2.45, 2.75) is 0 Å². The van der Waals surface area contributed by atoms with Gasteiger partial charge in [-0.3, -0.25) is 0 Å². The Bertz CT molecular complexity index is 4150. The lowest BCUT2D eigenvalue weighted by atomic mass is 9.87. The molecule has 0 aliphatic carbocycles. The highest BCUT2D eigenvalue weighted by molar-refractivity contribution is 6.37. The Balaban J connectivity index is 0.948. The summed E-state index contributed by atoms with van der Waals surface area (Å²) in [5.41, 5.74) is 10.2. The lowest BCUT2D eigenvalue weighted by molar-refractivity contribution is 1.30. The van der Waals surface area contributed by atoms with E-state index in [2.05, 4.69) is 288 Å². The molecule has 3 nitrogen and oxygen atoms in total. The molecule has 15 aromatic rings. The second-order valence-corrected chi connectivity index (χ2v) is 19.1. The summed E-state index contributed by atoms with van der Waals surface area (Å²) < 4.78 is 0. The summed E-state index contributed by atoms with van der Waals surface area (Å²) in [5.74, 6) is 0. The van der Waals surface area contributed by atoms with E-state index in [1.807, 2.05) is 0 Å². The third kappa shape index (κ3) is 6.26. The summed E-state index contributed by atoms with van der Waals surface area (Å²) in [6.45, 7) is 0. The van der Waals surface area contributed by atoms with Gasteiger partial charge in [0.15, 0.2) is 0 Å². The molecule has 0 aliphatic heterocycles. The zero-order valence-corrected chi connectivity index (χ0v) is 39.8. The highest BCUT2D eigenvalue weighted by Crippen LogP contribution is 2.52. The first-order valence-electron chi connectivity index (χ1n) is 25.2. The number of nitrogens with zero attached hydrogens (tertiary/aromatic N) is 3. The van der Waals surface area contributed by atoms with Crippen LogP contribution in [0.15, 0.2) is 273 Å². The summed E-state index contributed by atoms with van der Waals surface area (Å²) in [6.07, 6.45) is 0.